The van der Waals surface area contributed by atoms with Gasteiger partial charge in [-0.3, -0.25) is 0 Å². The fourth-order valence-electron chi connectivity index (χ4n) is 2.84. The molecule has 0 saturated carbocycles. The molecule has 0 aliphatic carbocycles. The standard InChI is InChI=1S/C18H20O9/c1-4-13(19)25-16(9-22-16)7-12(18(11-24-18)27-15(21)6-3)8-17(10-23-17)26-14(20)5-2/h4-6,12H,1-3,7-11H2. The van der Waals surface area contributed by atoms with Crippen molar-refractivity contribution in [1.82, 2.24) is 0 Å². The first-order chi connectivity index (χ1) is 12.8. The van der Waals surface area contributed by atoms with E-state index in [2.05, 4.69) is 19.7 Å². The van der Waals surface area contributed by atoms with Crippen molar-refractivity contribution < 1.29 is 42.8 Å². The molecule has 3 aliphatic rings. The van der Waals surface area contributed by atoms with Crippen LogP contribution in [-0.2, 0) is 42.8 Å². The van der Waals surface area contributed by atoms with Crippen LogP contribution in [0, 0.1) is 5.92 Å². The van der Waals surface area contributed by atoms with Gasteiger partial charge in [-0.25, -0.2) is 14.4 Å². The first-order valence-corrected chi connectivity index (χ1v) is 8.28. The summed E-state index contributed by atoms with van der Waals surface area (Å²) in [6.45, 7) is 10.6. The van der Waals surface area contributed by atoms with Crippen molar-refractivity contribution in [2.45, 2.75) is 30.2 Å². The fourth-order valence-corrected chi connectivity index (χ4v) is 2.84. The Labute approximate surface area is 155 Å². The second kappa shape index (κ2) is 6.91. The molecule has 0 spiro atoms. The number of hydrogen-bond acceptors (Lipinski definition) is 9. The lowest BCUT2D eigenvalue weighted by molar-refractivity contribution is -0.177. The number of carbonyl (C=O) groups is 3. The van der Waals surface area contributed by atoms with Gasteiger partial charge in [-0.05, 0) is 0 Å². The molecule has 9 heteroatoms. The Morgan fingerprint density at radius 3 is 1.44 bits per heavy atom. The predicted molar refractivity (Wildman–Crippen MR) is 87.6 cm³/mol. The molecule has 27 heavy (non-hydrogen) atoms. The molecule has 3 aliphatic heterocycles. The summed E-state index contributed by atoms with van der Waals surface area (Å²) in [4.78, 5) is 34.8. The minimum Gasteiger partial charge on any atom is -0.427 e. The zero-order chi connectivity index (χ0) is 19.7. The summed E-state index contributed by atoms with van der Waals surface area (Å²) in [5.74, 6) is -6.10. The summed E-state index contributed by atoms with van der Waals surface area (Å²) < 4.78 is 31.9. The van der Waals surface area contributed by atoms with Gasteiger partial charge < -0.3 is 28.4 Å². The van der Waals surface area contributed by atoms with E-state index in [9.17, 15) is 14.4 Å². The average molecular weight is 380 g/mol. The van der Waals surface area contributed by atoms with Crippen LogP contribution in [0.5, 0.6) is 0 Å². The highest BCUT2D eigenvalue weighted by Crippen LogP contribution is 2.51. The Hall–Kier alpha value is -2.49. The van der Waals surface area contributed by atoms with Crippen LogP contribution < -0.4 is 0 Å². The predicted octanol–water partition coefficient (Wildman–Crippen LogP) is 0.750. The Morgan fingerprint density at radius 1 is 0.778 bits per heavy atom. The summed E-state index contributed by atoms with van der Waals surface area (Å²) >= 11 is 0. The molecule has 3 unspecified atom stereocenters. The molecule has 3 fully saturated rings. The van der Waals surface area contributed by atoms with Crippen LogP contribution in [0.3, 0.4) is 0 Å². The van der Waals surface area contributed by atoms with Crippen molar-refractivity contribution >= 4 is 17.9 Å². The summed E-state index contributed by atoms with van der Waals surface area (Å²) in [5, 5.41) is 0. The highest BCUT2D eigenvalue weighted by molar-refractivity contribution is 5.82. The van der Waals surface area contributed by atoms with Crippen LogP contribution in [0.2, 0.25) is 0 Å². The molecule has 3 heterocycles. The summed E-state index contributed by atoms with van der Waals surface area (Å²) in [6, 6.07) is 0. The maximum absolute atomic E-state index is 11.7. The number of carbonyl (C=O) groups excluding carboxylic acids is 3. The van der Waals surface area contributed by atoms with Gasteiger partial charge in [0.05, 0.1) is 0 Å². The average Bonchev–Trinajstić information content (AvgIpc) is 3.52. The third-order valence-corrected chi connectivity index (χ3v) is 4.44. The highest BCUT2D eigenvalue weighted by atomic mass is 16.8. The van der Waals surface area contributed by atoms with Gasteiger partial charge in [-0.1, -0.05) is 19.7 Å². The zero-order valence-electron chi connectivity index (χ0n) is 14.6. The van der Waals surface area contributed by atoms with Gasteiger partial charge in [0.1, 0.15) is 19.8 Å². The Morgan fingerprint density at radius 2 is 1.15 bits per heavy atom. The van der Waals surface area contributed by atoms with Gasteiger partial charge in [0.25, 0.3) is 0 Å². The van der Waals surface area contributed by atoms with Crippen LogP contribution in [0.4, 0.5) is 0 Å². The molecule has 0 radical (unpaired) electrons. The fraction of sp³-hybridized carbons (Fsp3) is 0.500. The lowest BCUT2D eigenvalue weighted by Gasteiger charge is -2.28. The van der Waals surface area contributed by atoms with Crippen molar-refractivity contribution in [2.75, 3.05) is 19.8 Å². The van der Waals surface area contributed by atoms with Crippen molar-refractivity contribution in [3.63, 3.8) is 0 Å². The normalized spacial score (nSPS) is 33.8. The van der Waals surface area contributed by atoms with E-state index in [1.165, 1.54) is 0 Å². The van der Waals surface area contributed by atoms with Crippen molar-refractivity contribution in [1.29, 1.82) is 0 Å². The SMILES string of the molecule is C=CC(=O)OC1(CC(CC2(OC(=O)C=C)CO2)C2(OC(=O)C=C)CO2)CO1. The second-order valence-corrected chi connectivity index (χ2v) is 6.48. The third-order valence-electron chi connectivity index (χ3n) is 4.44. The van der Waals surface area contributed by atoms with E-state index in [-0.39, 0.29) is 32.7 Å². The molecular weight excluding hydrogens is 360 g/mol. The van der Waals surface area contributed by atoms with Gasteiger partial charge in [0, 0.05) is 37.0 Å². The van der Waals surface area contributed by atoms with Crippen molar-refractivity contribution in [2.24, 2.45) is 5.92 Å². The number of ether oxygens (including phenoxy) is 6. The van der Waals surface area contributed by atoms with E-state index >= 15 is 0 Å². The molecule has 0 amide bonds. The lowest BCUT2D eigenvalue weighted by atomic mass is 9.89. The van der Waals surface area contributed by atoms with E-state index in [1.54, 1.807) is 0 Å². The molecule has 0 aromatic carbocycles. The second-order valence-electron chi connectivity index (χ2n) is 6.48. The molecule has 0 aromatic rings. The molecule has 146 valence electrons. The van der Waals surface area contributed by atoms with Crippen LogP contribution in [-0.4, -0.2) is 55.1 Å². The topological polar surface area (TPSA) is 116 Å². The third kappa shape index (κ3) is 4.44. The van der Waals surface area contributed by atoms with Gasteiger partial charge in [0.15, 0.2) is 0 Å². The number of esters is 3. The van der Waals surface area contributed by atoms with Gasteiger partial charge in [-0.2, -0.15) is 0 Å². The quantitative estimate of drug-likeness (QED) is 0.221. The first-order valence-electron chi connectivity index (χ1n) is 8.28. The number of epoxide rings is 3. The van der Waals surface area contributed by atoms with Gasteiger partial charge in [0.2, 0.25) is 17.4 Å². The number of rotatable bonds is 11. The minimum atomic E-state index is -1.26. The molecular formula is C18H20O9. The van der Waals surface area contributed by atoms with Crippen LogP contribution in [0.15, 0.2) is 38.0 Å². The van der Waals surface area contributed by atoms with Gasteiger partial charge in [-0.15, -0.1) is 0 Å². The summed E-state index contributed by atoms with van der Waals surface area (Å²) in [7, 11) is 0. The van der Waals surface area contributed by atoms with E-state index in [1.807, 2.05) is 0 Å². The minimum absolute atomic E-state index is 0.133. The number of hydrogen-bond donors (Lipinski definition) is 0. The summed E-state index contributed by atoms with van der Waals surface area (Å²) in [6.07, 6.45) is 3.36. The highest BCUT2D eigenvalue weighted by Gasteiger charge is 2.65. The zero-order valence-corrected chi connectivity index (χ0v) is 14.6. The molecule has 3 atom stereocenters. The van der Waals surface area contributed by atoms with E-state index in [0.29, 0.717) is 0 Å². The molecule has 3 rings (SSSR count). The smallest absolute Gasteiger partial charge is 0.332 e. The van der Waals surface area contributed by atoms with Crippen LogP contribution in [0.25, 0.3) is 0 Å². The first kappa shape index (κ1) is 19.3. The largest absolute Gasteiger partial charge is 0.427 e. The maximum atomic E-state index is 11.7. The van der Waals surface area contributed by atoms with Crippen molar-refractivity contribution in [3.05, 3.63) is 38.0 Å². The Bertz CT molecular complexity index is 643. The lowest BCUT2D eigenvalue weighted by Crippen LogP contribution is -2.39. The van der Waals surface area contributed by atoms with E-state index in [4.69, 9.17) is 28.4 Å². The van der Waals surface area contributed by atoms with Crippen LogP contribution in [0.1, 0.15) is 12.8 Å². The molecule has 9 nitrogen and oxygen atoms in total. The Kier molecular flexibility index (Phi) is 4.94. The van der Waals surface area contributed by atoms with E-state index in [0.717, 1.165) is 18.2 Å². The molecule has 0 aromatic heterocycles. The molecule has 0 bridgehead atoms. The monoisotopic (exact) mass is 380 g/mol. The maximum Gasteiger partial charge on any atom is 0.332 e. The van der Waals surface area contributed by atoms with Crippen LogP contribution >= 0.6 is 0 Å². The Balaban J connectivity index is 1.76. The van der Waals surface area contributed by atoms with Crippen molar-refractivity contribution in [3.8, 4) is 0 Å². The molecule has 0 N–H and O–H groups in total. The van der Waals surface area contributed by atoms with E-state index < -0.39 is 41.2 Å². The molecule has 3 saturated heterocycles. The summed E-state index contributed by atoms with van der Waals surface area (Å²) in [5.41, 5.74) is 0. The van der Waals surface area contributed by atoms with Gasteiger partial charge >= 0.3 is 17.9 Å².